The van der Waals surface area contributed by atoms with Crippen molar-refractivity contribution < 1.29 is 17.2 Å². The van der Waals surface area contributed by atoms with Crippen molar-refractivity contribution in [3.05, 3.63) is 77.9 Å². The van der Waals surface area contributed by atoms with Crippen LogP contribution in [-0.4, -0.2) is 36.7 Å². The van der Waals surface area contributed by atoms with Gasteiger partial charge in [-0.05, 0) is 68.0 Å². The van der Waals surface area contributed by atoms with Gasteiger partial charge in [-0.3, -0.25) is 14.6 Å². The Kier molecular flexibility index (Phi) is 11.3. The molecule has 2 aromatic rings. The van der Waals surface area contributed by atoms with Gasteiger partial charge in [0.25, 0.3) is 0 Å². The number of dihydropyridines is 1. The number of ether oxygens (including phenoxy) is 1. The van der Waals surface area contributed by atoms with E-state index in [1.807, 2.05) is 50.2 Å². The first-order valence-corrected chi connectivity index (χ1v) is 13.5. The van der Waals surface area contributed by atoms with E-state index in [4.69, 9.17) is 9.73 Å². The minimum Gasteiger partial charge on any atom is -0.496 e. The molecule has 39 heavy (non-hydrogen) atoms. The maximum atomic E-state index is 11.8. The number of benzene rings is 2. The lowest BCUT2D eigenvalue weighted by Gasteiger charge is -2.23. The second kappa shape index (κ2) is 13.9. The quantitative estimate of drug-likeness (QED) is 0.333. The van der Waals surface area contributed by atoms with Gasteiger partial charge in [-0.25, -0.2) is 0 Å². The van der Waals surface area contributed by atoms with E-state index in [1.165, 1.54) is 22.9 Å². The number of carbonyl (C=O) groups excluding carboxylic acids is 2. The molecule has 1 heterocycles. The van der Waals surface area contributed by atoms with Gasteiger partial charge in [0.1, 0.15) is 5.75 Å². The van der Waals surface area contributed by atoms with E-state index in [0.717, 1.165) is 48.4 Å². The van der Waals surface area contributed by atoms with Crippen molar-refractivity contribution in [1.82, 2.24) is 0 Å². The average molecular weight is 536 g/mol. The zero-order chi connectivity index (χ0) is 27.9. The lowest BCUT2D eigenvalue weighted by Crippen LogP contribution is -2.28. The lowest BCUT2D eigenvalue weighted by atomic mass is 9.94. The van der Waals surface area contributed by atoms with Crippen LogP contribution in [0.3, 0.4) is 0 Å². The van der Waals surface area contributed by atoms with Crippen molar-refractivity contribution in [1.29, 1.82) is 0 Å². The van der Waals surface area contributed by atoms with Crippen molar-refractivity contribution in [2.75, 3.05) is 23.9 Å². The SMILES string of the molecule is C.C=CC(=O)Nc1ccccc1C.CCC1=CC2CC2(Cc2ccc(N(CC)C(C)=O)cc2OC)N=C1CC.[HH].[HH]. The maximum Gasteiger partial charge on any atom is 0.247 e. The first kappa shape index (κ1) is 31.5. The Labute approximate surface area is 237 Å². The molecule has 2 amide bonds. The van der Waals surface area contributed by atoms with Crippen LogP contribution in [0, 0.1) is 12.8 Å². The van der Waals surface area contributed by atoms with Gasteiger partial charge in [0.15, 0.2) is 0 Å². The summed E-state index contributed by atoms with van der Waals surface area (Å²) in [7, 11) is 1.70. The number of allylic oxidation sites excluding steroid dienone is 1. The van der Waals surface area contributed by atoms with Crippen LogP contribution in [0.25, 0.3) is 0 Å². The van der Waals surface area contributed by atoms with E-state index in [9.17, 15) is 9.59 Å². The molecule has 214 valence electrons. The van der Waals surface area contributed by atoms with E-state index in [2.05, 4.69) is 37.9 Å². The smallest absolute Gasteiger partial charge is 0.247 e. The Morgan fingerprint density at radius 2 is 1.92 bits per heavy atom. The number of nitrogens with one attached hydrogen (secondary N) is 1. The third kappa shape index (κ3) is 7.47. The molecule has 2 aliphatic rings. The zero-order valence-corrected chi connectivity index (χ0v) is 23.6. The standard InChI is InChI=1S/C22H30N2O2.C10H11NO.CH4.2H2/c1-6-16-11-18-14-22(18,23-20(16)7-2)13-17-9-10-19(12-21(17)26-5)24(8-3)15(4)25;1-3-10(12)11-9-7-5-4-6-8(9)2;;;/h9-12,18H,6-8,13-14H2,1-5H3;3-7H,1H2,2H3,(H,11,12);1H4;2*1H. The van der Waals surface area contributed by atoms with E-state index in [-0.39, 0.29) is 27.6 Å². The fourth-order valence-corrected chi connectivity index (χ4v) is 5.08. The van der Waals surface area contributed by atoms with Gasteiger partial charge in [0.2, 0.25) is 11.8 Å². The Morgan fingerprint density at radius 3 is 2.49 bits per heavy atom. The molecule has 6 nitrogen and oxygen atoms in total. The molecular weight excluding hydrogens is 486 g/mol. The van der Waals surface area contributed by atoms with Crippen LogP contribution in [0.2, 0.25) is 0 Å². The van der Waals surface area contributed by atoms with Gasteiger partial charge in [-0.2, -0.15) is 0 Å². The van der Waals surface area contributed by atoms with Crippen LogP contribution in [0.5, 0.6) is 5.75 Å². The topological polar surface area (TPSA) is 71.0 Å². The molecule has 2 aromatic carbocycles. The van der Waals surface area contributed by atoms with Gasteiger partial charge >= 0.3 is 0 Å². The molecule has 1 aliphatic carbocycles. The molecular formula is C33H49N3O3. The molecule has 0 spiro atoms. The molecule has 1 N–H and O–H groups in total. The minimum absolute atomic E-state index is 0. The van der Waals surface area contributed by atoms with Crippen molar-refractivity contribution >= 4 is 28.9 Å². The molecule has 0 bridgehead atoms. The number of methoxy groups -OCH3 is 1. The highest BCUT2D eigenvalue weighted by molar-refractivity contribution is 6.01. The molecule has 0 radical (unpaired) electrons. The number of amides is 2. The Morgan fingerprint density at radius 1 is 1.21 bits per heavy atom. The van der Waals surface area contributed by atoms with Gasteiger partial charge < -0.3 is 15.0 Å². The van der Waals surface area contributed by atoms with E-state index in [0.29, 0.717) is 12.5 Å². The summed E-state index contributed by atoms with van der Waals surface area (Å²) in [5.74, 6) is 1.27. The predicted octanol–water partition coefficient (Wildman–Crippen LogP) is 7.82. The predicted molar refractivity (Wildman–Crippen MR) is 168 cm³/mol. The van der Waals surface area contributed by atoms with Crippen molar-refractivity contribution in [3.63, 3.8) is 0 Å². The number of aryl methyl sites for hydroxylation is 1. The summed E-state index contributed by atoms with van der Waals surface area (Å²) in [4.78, 5) is 29.6. The van der Waals surface area contributed by atoms with Crippen LogP contribution >= 0.6 is 0 Å². The third-order valence-corrected chi connectivity index (χ3v) is 7.31. The number of aliphatic imine (C=N–C) groups is 1. The van der Waals surface area contributed by atoms with Crippen LogP contribution in [0.1, 0.15) is 68.4 Å². The molecule has 2 atom stereocenters. The number of fused-ring (bicyclic) bond motifs is 1. The van der Waals surface area contributed by atoms with E-state index >= 15 is 0 Å². The Hall–Kier alpha value is -3.67. The second-order valence-electron chi connectivity index (χ2n) is 9.82. The molecule has 6 heteroatoms. The highest BCUT2D eigenvalue weighted by Crippen LogP contribution is 2.54. The number of carbonyl (C=O) groups is 2. The largest absolute Gasteiger partial charge is 0.496 e. The summed E-state index contributed by atoms with van der Waals surface area (Å²) in [6, 6.07) is 13.7. The fraction of sp³-hybridized carbons (Fsp3) is 0.424. The molecule has 0 saturated heterocycles. The molecule has 4 rings (SSSR count). The normalized spacial score (nSPS) is 18.6. The molecule has 1 saturated carbocycles. The minimum atomic E-state index is -0.177. The summed E-state index contributed by atoms with van der Waals surface area (Å²) >= 11 is 0. The number of para-hydroxylation sites is 1. The second-order valence-corrected chi connectivity index (χ2v) is 9.82. The Bertz CT molecular complexity index is 1260. The van der Waals surface area contributed by atoms with Crippen molar-refractivity contribution in [3.8, 4) is 5.75 Å². The van der Waals surface area contributed by atoms with E-state index < -0.39 is 0 Å². The lowest BCUT2D eigenvalue weighted by molar-refractivity contribution is -0.116. The summed E-state index contributed by atoms with van der Waals surface area (Å²) in [6.07, 6.45) is 7.78. The monoisotopic (exact) mass is 535 g/mol. The number of anilines is 2. The summed E-state index contributed by atoms with van der Waals surface area (Å²) in [5, 5.41) is 2.70. The molecule has 1 fully saturated rings. The average Bonchev–Trinajstić information content (AvgIpc) is 3.62. The van der Waals surface area contributed by atoms with Crippen molar-refractivity contribution in [2.24, 2.45) is 10.9 Å². The van der Waals surface area contributed by atoms with Crippen molar-refractivity contribution in [2.45, 2.75) is 73.3 Å². The van der Waals surface area contributed by atoms with Crippen LogP contribution in [-0.2, 0) is 16.0 Å². The summed E-state index contributed by atoms with van der Waals surface area (Å²) in [6.45, 7) is 13.9. The Balaban J connectivity index is 0.000000912. The van der Waals surface area contributed by atoms with E-state index in [1.54, 1.807) is 18.9 Å². The molecule has 2 unspecified atom stereocenters. The first-order valence-electron chi connectivity index (χ1n) is 13.5. The molecule has 1 aliphatic heterocycles. The van der Waals surface area contributed by atoms with Gasteiger partial charge in [0.05, 0.1) is 12.6 Å². The summed E-state index contributed by atoms with van der Waals surface area (Å²) in [5.41, 5.74) is 6.66. The number of nitrogens with zero attached hydrogens (tertiary/aromatic N) is 2. The highest BCUT2D eigenvalue weighted by atomic mass is 16.5. The third-order valence-electron chi connectivity index (χ3n) is 7.31. The van der Waals surface area contributed by atoms with Crippen LogP contribution < -0.4 is 15.0 Å². The van der Waals surface area contributed by atoms with Gasteiger partial charge in [0, 0.05) is 51.8 Å². The summed E-state index contributed by atoms with van der Waals surface area (Å²) < 4.78 is 5.66. The maximum absolute atomic E-state index is 11.8. The van der Waals surface area contributed by atoms with Gasteiger partial charge in [-0.1, -0.05) is 58.2 Å². The van der Waals surface area contributed by atoms with Crippen LogP contribution in [0.4, 0.5) is 11.4 Å². The first-order chi connectivity index (χ1) is 18.2. The number of rotatable bonds is 9. The van der Waals surface area contributed by atoms with Gasteiger partial charge in [-0.15, -0.1) is 0 Å². The highest BCUT2D eigenvalue weighted by Gasteiger charge is 2.55. The zero-order valence-electron chi connectivity index (χ0n) is 23.6. The number of hydrogen-bond donors (Lipinski definition) is 1. The number of hydrogen-bond acceptors (Lipinski definition) is 4. The van der Waals surface area contributed by atoms with Crippen LogP contribution in [0.15, 0.2) is 71.8 Å². The molecule has 0 aromatic heterocycles. The fourth-order valence-electron chi connectivity index (χ4n) is 5.08.